The average Bonchev–Trinajstić information content (AvgIpc) is 1.99. The lowest BCUT2D eigenvalue weighted by atomic mass is 9.86. The standard InChI is InChI=1S/C11H20O4/c1-5-8(2)15-10(14)7-11(3,4)6-9(12)13/h8H,5-7H2,1-4H3,(H,12,13). The molecule has 0 fully saturated rings. The molecule has 0 amide bonds. The average molecular weight is 216 g/mol. The van der Waals surface area contributed by atoms with Gasteiger partial charge in [0.2, 0.25) is 0 Å². The number of rotatable bonds is 6. The van der Waals surface area contributed by atoms with Crippen LogP contribution in [-0.2, 0) is 14.3 Å². The van der Waals surface area contributed by atoms with Crippen molar-refractivity contribution in [1.82, 2.24) is 0 Å². The lowest BCUT2D eigenvalue weighted by Gasteiger charge is -2.22. The van der Waals surface area contributed by atoms with Gasteiger partial charge < -0.3 is 9.84 Å². The quantitative estimate of drug-likeness (QED) is 0.691. The first kappa shape index (κ1) is 13.9. The highest BCUT2D eigenvalue weighted by molar-refractivity contribution is 5.73. The van der Waals surface area contributed by atoms with Gasteiger partial charge in [0, 0.05) is 0 Å². The van der Waals surface area contributed by atoms with Crippen molar-refractivity contribution in [3.8, 4) is 0 Å². The van der Waals surface area contributed by atoms with Crippen molar-refractivity contribution in [2.45, 2.75) is 53.1 Å². The van der Waals surface area contributed by atoms with Crippen LogP contribution >= 0.6 is 0 Å². The Morgan fingerprint density at radius 2 is 1.87 bits per heavy atom. The van der Waals surface area contributed by atoms with E-state index in [0.717, 1.165) is 6.42 Å². The van der Waals surface area contributed by atoms with Crippen LogP contribution in [0.4, 0.5) is 0 Å². The first-order chi connectivity index (χ1) is 6.76. The number of esters is 1. The summed E-state index contributed by atoms with van der Waals surface area (Å²) in [5, 5.41) is 8.64. The minimum atomic E-state index is -0.892. The van der Waals surface area contributed by atoms with Crippen LogP contribution < -0.4 is 0 Å². The Kier molecular flexibility index (Phi) is 5.33. The Morgan fingerprint density at radius 3 is 2.27 bits per heavy atom. The van der Waals surface area contributed by atoms with Crippen molar-refractivity contribution < 1.29 is 19.4 Å². The van der Waals surface area contributed by atoms with Crippen molar-refractivity contribution >= 4 is 11.9 Å². The van der Waals surface area contributed by atoms with Crippen LogP contribution in [0.2, 0.25) is 0 Å². The van der Waals surface area contributed by atoms with Crippen molar-refractivity contribution in [3.05, 3.63) is 0 Å². The van der Waals surface area contributed by atoms with E-state index in [1.807, 2.05) is 13.8 Å². The minimum Gasteiger partial charge on any atom is -0.481 e. The highest BCUT2D eigenvalue weighted by Crippen LogP contribution is 2.25. The third kappa shape index (κ3) is 6.94. The van der Waals surface area contributed by atoms with Crippen molar-refractivity contribution in [1.29, 1.82) is 0 Å². The van der Waals surface area contributed by atoms with Gasteiger partial charge in [-0.3, -0.25) is 9.59 Å². The van der Waals surface area contributed by atoms with E-state index >= 15 is 0 Å². The summed E-state index contributed by atoms with van der Waals surface area (Å²) in [6.45, 7) is 7.25. The SMILES string of the molecule is CCC(C)OC(=O)CC(C)(C)CC(=O)O. The van der Waals surface area contributed by atoms with Gasteiger partial charge in [0.05, 0.1) is 18.9 Å². The van der Waals surface area contributed by atoms with E-state index in [-0.39, 0.29) is 24.9 Å². The summed E-state index contributed by atoms with van der Waals surface area (Å²) in [5.74, 6) is -1.22. The van der Waals surface area contributed by atoms with E-state index in [1.54, 1.807) is 13.8 Å². The lowest BCUT2D eigenvalue weighted by molar-refractivity contribution is -0.151. The normalized spacial score (nSPS) is 13.3. The van der Waals surface area contributed by atoms with Gasteiger partial charge in [-0.05, 0) is 18.8 Å². The number of hydrogen-bond donors (Lipinski definition) is 1. The number of carboxylic acids is 1. The Labute approximate surface area is 90.6 Å². The molecule has 0 aromatic rings. The smallest absolute Gasteiger partial charge is 0.306 e. The van der Waals surface area contributed by atoms with Crippen LogP contribution in [0.25, 0.3) is 0 Å². The highest BCUT2D eigenvalue weighted by atomic mass is 16.5. The number of hydrogen-bond acceptors (Lipinski definition) is 3. The number of carboxylic acid groups (broad SMARTS) is 1. The van der Waals surface area contributed by atoms with Crippen LogP contribution in [-0.4, -0.2) is 23.1 Å². The zero-order chi connectivity index (χ0) is 12.1. The zero-order valence-electron chi connectivity index (χ0n) is 9.87. The van der Waals surface area contributed by atoms with Crippen LogP contribution in [0.3, 0.4) is 0 Å². The fraction of sp³-hybridized carbons (Fsp3) is 0.818. The maximum Gasteiger partial charge on any atom is 0.306 e. The van der Waals surface area contributed by atoms with Crippen LogP contribution in [0.15, 0.2) is 0 Å². The first-order valence-electron chi connectivity index (χ1n) is 5.18. The maximum atomic E-state index is 11.4. The number of carbonyl (C=O) groups excluding carboxylic acids is 1. The Bertz CT molecular complexity index is 233. The maximum absolute atomic E-state index is 11.4. The van der Waals surface area contributed by atoms with Gasteiger partial charge in [0.1, 0.15) is 0 Å². The molecule has 0 aromatic heterocycles. The molecule has 0 rings (SSSR count). The molecule has 0 radical (unpaired) electrons. The number of aliphatic carboxylic acids is 1. The molecule has 1 atom stereocenters. The highest BCUT2D eigenvalue weighted by Gasteiger charge is 2.26. The molecule has 1 unspecified atom stereocenters. The minimum absolute atomic E-state index is 0.0252. The first-order valence-corrected chi connectivity index (χ1v) is 5.18. The van der Waals surface area contributed by atoms with Gasteiger partial charge in [-0.1, -0.05) is 20.8 Å². The monoisotopic (exact) mass is 216 g/mol. The van der Waals surface area contributed by atoms with E-state index < -0.39 is 11.4 Å². The lowest BCUT2D eigenvalue weighted by Crippen LogP contribution is -2.24. The fourth-order valence-electron chi connectivity index (χ4n) is 1.21. The molecule has 0 aliphatic carbocycles. The number of ether oxygens (including phenoxy) is 1. The van der Waals surface area contributed by atoms with E-state index in [2.05, 4.69) is 0 Å². The van der Waals surface area contributed by atoms with Crippen LogP contribution in [0, 0.1) is 5.41 Å². The van der Waals surface area contributed by atoms with E-state index in [4.69, 9.17) is 9.84 Å². The molecular weight excluding hydrogens is 196 g/mol. The second-order valence-electron chi connectivity index (χ2n) is 4.62. The molecule has 4 heteroatoms. The van der Waals surface area contributed by atoms with Gasteiger partial charge in [0.25, 0.3) is 0 Å². The molecule has 4 nitrogen and oxygen atoms in total. The third-order valence-corrected chi connectivity index (χ3v) is 2.16. The molecule has 0 saturated carbocycles. The van der Waals surface area contributed by atoms with Crippen LogP contribution in [0.1, 0.15) is 47.0 Å². The van der Waals surface area contributed by atoms with Crippen molar-refractivity contribution in [2.24, 2.45) is 5.41 Å². The summed E-state index contributed by atoms with van der Waals surface area (Å²) in [4.78, 5) is 21.9. The predicted molar refractivity (Wildman–Crippen MR) is 56.5 cm³/mol. The van der Waals surface area contributed by atoms with E-state index in [0.29, 0.717) is 0 Å². The molecule has 0 spiro atoms. The molecule has 0 aliphatic rings. The Hall–Kier alpha value is -1.06. The fourth-order valence-corrected chi connectivity index (χ4v) is 1.21. The van der Waals surface area contributed by atoms with Crippen molar-refractivity contribution in [2.75, 3.05) is 0 Å². The van der Waals surface area contributed by atoms with E-state index in [9.17, 15) is 9.59 Å². The summed E-state index contributed by atoms with van der Waals surface area (Å²) in [5.41, 5.74) is -0.545. The zero-order valence-corrected chi connectivity index (χ0v) is 9.87. The molecule has 88 valence electrons. The molecule has 1 N–H and O–H groups in total. The molecule has 0 bridgehead atoms. The molecule has 0 aliphatic heterocycles. The summed E-state index contributed by atoms with van der Waals surface area (Å²) in [7, 11) is 0. The Morgan fingerprint density at radius 1 is 1.33 bits per heavy atom. The molecule has 15 heavy (non-hydrogen) atoms. The van der Waals surface area contributed by atoms with Gasteiger partial charge in [-0.25, -0.2) is 0 Å². The van der Waals surface area contributed by atoms with Crippen LogP contribution in [0.5, 0.6) is 0 Å². The summed E-state index contributed by atoms with van der Waals surface area (Å²) < 4.78 is 5.09. The second-order valence-corrected chi connectivity index (χ2v) is 4.62. The van der Waals surface area contributed by atoms with Crippen molar-refractivity contribution in [3.63, 3.8) is 0 Å². The molecule has 0 heterocycles. The summed E-state index contributed by atoms with van der Waals surface area (Å²) >= 11 is 0. The summed E-state index contributed by atoms with van der Waals surface area (Å²) in [6, 6.07) is 0. The Balaban J connectivity index is 4.09. The van der Waals surface area contributed by atoms with Gasteiger partial charge in [-0.2, -0.15) is 0 Å². The summed E-state index contributed by atoms with van der Waals surface area (Å²) in [6.07, 6.45) is 0.787. The predicted octanol–water partition coefficient (Wildman–Crippen LogP) is 2.22. The van der Waals surface area contributed by atoms with Gasteiger partial charge in [0.15, 0.2) is 0 Å². The van der Waals surface area contributed by atoms with E-state index in [1.165, 1.54) is 0 Å². The topological polar surface area (TPSA) is 63.6 Å². The molecular formula is C11H20O4. The second kappa shape index (κ2) is 5.73. The largest absolute Gasteiger partial charge is 0.481 e. The molecule has 0 saturated heterocycles. The van der Waals surface area contributed by atoms with Gasteiger partial charge in [-0.15, -0.1) is 0 Å². The van der Waals surface area contributed by atoms with Gasteiger partial charge >= 0.3 is 11.9 Å². The third-order valence-electron chi connectivity index (χ3n) is 2.16. The molecule has 0 aromatic carbocycles. The number of carbonyl (C=O) groups is 2.